The van der Waals surface area contributed by atoms with E-state index in [9.17, 15) is 4.79 Å². The minimum Gasteiger partial charge on any atom is -0.398 e. The van der Waals surface area contributed by atoms with Gasteiger partial charge in [-0.25, -0.2) is 0 Å². The number of unbranched alkanes of at least 4 members (excludes halogenated alkanes) is 3. The molecule has 0 saturated carbocycles. The van der Waals surface area contributed by atoms with E-state index in [4.69, 9.17) is 5.73 Å². The lowest BCUT2D eigenvalue weighted by molar-refractivity contribution is 0.571. The summed E-state index contributed by atoms with van der Waals surface area (Å²) in [6.07, 6.45) is 6.39. The molecule has 0 radical (unpaired) electrons. The van der Waals surface area contributed by atoms with Gasteiger partial charge in [-0.3, -0.25) is 4.79 Å². The first-order valence-electron chi connectivity index (χ1n) is 5.20. The molecule has 0 fully saturated rings. The van der Waals surface area contributed by atoms with Gasteiger partial charge in [-0.05, 0) is 12.5 Å². The largest absolute Gasteiger partial charge is 0.398 e. The Hall–Kier alpha value is -1.25. The lowest BCUT2D eigenvalue weighted by Gasteiger charge is -2.05. The van der Waals surface area contributed by atoms with E-state index >= 15 is 0 Å². The first-order valence-corrected chi connectivity index (χ1v) is 5.20. The molecule has 0 saturated heterocycles. The van der Waals surface area contributed by atoms with Crippen LogP contribution in [0.3, 0.4) is 0 Å². The number of hydrogen-bond donors (Lipinski definition) is 1. The molecule has 0 atom stereocenters. The predicted molar refractivity (Wildman–Crippen MR) is 59.3 cm³/mol. The summed E-state index contributed by atoms with van der Waals surface area (Å²) >= 11 is 0. The van der Waals surface area contributed by atoms with Gasteiger partial charge in [0.05, 0.1) is 0 Å². The van der Waals surface area contributed by atoms with Crippen LogP contribution in [-0.4, -0.2) is 4.57 Å². The highest BCUT2D eigenvalue weighted by Crippen LogP contribution is 2.02. The highest BCUT2D eigenvalue weighted by molar-refractivity contribution is 5.33. The Labute approximate surface area is 84.6 Å². The maximum atomic E-state index is 11.3. The molecule has 1 aromatic rings. The average molecular weight is 194 g/mol. The Morgan fingerprint density at radius 2 is 2.07 bits per heavy atom. The number of aryl methyl sites for hydroxylation is 1. The molecular formula is C11H18N2O. The summed E-state index contributed by atoms with van der Waals surface area (Å²) in [5, 5.41) is 0. The van der Waals surface area contributed by atoms with E-state index in [1.54, 1.807) is 16.8 Å². The summed E-state index contributed by atoms with van der Waals surface area (Å²) in [5.41, 5.74) is 6.29. The van der Waals surface area contributed by atoms with Gasteiger partial charge in [-0.1, -0.05) is 26.2 Å². The van der Waals surface area contributed by atoms with Gasteiger partial charge in [-0.15, -0.1) is 0 Å². The van der Waals surface area contributed by atoms with E-state index in [-0.39, 0.29) is 5.56 Å². The third-order valence-electron chi connectivity index (χ3n) is 2.26. The van der Waals surface area contributed by atoms with Gasteiger partial charge in [0.25, 0.3) is 5.56 Å². The minimum absolute atomic E-state index is 0.0377. The number of anilines is 1. The summed E-state index contributed by atoms with van der Waals surface area (Å²) in [6.45, 7) is 2.95. The van der Waals surface area contributed by atoms with Crippen molar-refractivity contribution in [3.8, 4) is 0 Å². The topological polar surface area (TPSA) is 48.0 Å². The molecule has 0 aliphatic heterocycles. The summed E-state index contributed by atoms with van der Waals surface area (Å²) in [5.74, 6) is 0. The molecule has 78 valence electrons. The smallest absolute Gasteiger partial charge is 0.250 e. The summed E-state index contributed by atoms with van der Waals surface area (Å²) in [7, 11) is 0. The number of nitrogens with zero attached hydrogens (tertiary/aromatic N) is 1. The van der Waals surface area contributed by atoms with Crippen LogP contribution >= 0.6 is 0 Å². The van der Waals surface area contributed by atoms with E-state index in [1.807, 2.05) is 0 Å². The lowest BCUT2D eigenvalue weighted by atomic mass is 10.2. The van der Waals surface area contributed by atoms with E-state index in [1.165, 1.54) is 25.3 Å². The third-order valence-corrected chi connectivity index (χ3v) is 2.26. The zero-order valence-corrected chi connectivity index (χ0v) is 8.70. The van der Waals surface area contributed by atoms with Crippen molar-refractivity contribution in [2.24, 2.45) is 0 Å². The number of pyridine rings is 1. The van der Waals surface area contributed by atoms with Crippen LogP contribution in [-0.2, 0) is 6.54 Å². The zero-order chi connectivity index (χ0) is 10.4. The number of hydrogen-bond acceptors (Lipinski definition) is 2. The van der Waals surface area contributed by atoms with Crippen LogP contribution in [0.25, 0.3) is 0 Å². The molecular weight excluding hydrogens is 176 g/mol. The second-order valence-electron chi connectivity index (χ2n) is 3.55. The third kappa shape index (κ3) is 3.24. The van der Waals surface area contributed by atoms with Crippen LogP contribution in [0, 0.1) is 0 Å². The molecule has 0 amide bonds. The fourth-order valence-electron chi connectivity index (χ4n) is 1.43. The van der Waals surface area contributed by atoms with Crippen LogP contribution in [0.15, 0.2) is 23.1 Å². The molecule has 0 aliphatic rings. The molecule has 1 aromatic heterocycles. The standard InChI is InChI=1S/C11H18N2O/c1-2-3-4-5-8-13-9-10(12)6-7-11(13)14/h6-7,9H,2-5,8,12H2,1H3. The van der Waals surface area contributed by atoms with E-state index in [0.717, 1.165) is 13.0 Å². The van der Waals surface area contributed by atoms with E-state index in [0.29, 0.717) is 5.69 Å². The van der Waals surface area contributed by atoms with E-state index in [2.05, 4.69) is 6.92 Å². The Balaban J connectivity index is 2.49. The maximum Gasteiger partial charge on any atom is 0.250 e. The minimum atomic E-state index is 0.0377. The highest BCUT2D eigenvalue weighted by Gasteiger charge is 1.95. The van der Waals surface area contributed by atoms with Crippen LogP contribution < -0.4 is 11.3 Å². The molecule has 2 N–H and O–H groups in total. The van der Waals surface area contributed by atoms with Crippen molar-refractivity contribution in [3.05, 3.63) is 28.7 Å². The molecule has 1 heterocycles. The molecule has 3 nitrogen and oxygen atoms in total. The molecule has 1 rings (SSSR count). The quantitative estimate of drug-likeness (QED) is 0.729. The van der Waals surface area contributed by atoms with Gasteiger partial charge < -0.3 is 10.3 Å². The average Bonchev–Trinajstić information content (AvgIpc) is 2.18. The molecule has 3 heteroatoms. The van der Waals surface area contributed by atoms with Gasteiger partial charge >= 0.3 is 0 Å². The van der Waals surface area contributed by atoms with Crippen molar-refractivity contribution in [2.45, 2.75) is 39.2 Å². The van der Waals surface area contributed by atoms with Crippen molar-refractivity contribution in [2.75, 3.05) is 5.73 Å². The molecule has 0 unspecified atom stereocenters. The fraction of sp³-hybridized carbons (Fsp3) is 0.545. The van der Waals surface area contributed by atoms with Gasteiger partial charge in [-0.2, -0.15) is 0 Å². The first-order chi connectivity index (χ1) is 6.74. The Kier molecular flexibility index (Phi) is 4.23. The SMILES string of the molecule is CCCCCCn1cc(N)ccc1=O. The van der Waals surface area contributed by atoms with Crippen molar-refractivity contribution in [1.82, 2.24) is 4.57 Å². The summed E-state index contributed by atoms with van der Waals surface area (Å²) < 4.78 is 1.69. The van der Waals surface area contributed by atoms with Crippen molar-refractivity contribution >= 4 is 5.69 Å². The fourth-order valence-corrected chi connectivity index (χ4v) is 1.43. The first kappa shape index (κ1) is 10.8. The van der Waals surface area contributed by atoms with Gasteiger partial charge in [0, 0.05) is 24.5 Å². The predicted octanol–water partition coefficient (Wildman–Crippen LogP) is 2.01. The van der Waals surface area contributed by atoms with Crippen LogP contribution in [0.4, 0.5) is 5.69 Å². The molecule has 0 aromatic carbocycles. The number of nitrogens with two attached hydrogens (primary N) is 1. The second kappa shape index (κ2) is 5.47. The zero-order valence-electron chi connectivity index (χ0n) is 8.70. The Morgan fingerprint density at radius 1 is 1.29 bits per heavy atom. The van der Waals surface area contributed by atoms with Crippen molar-refractivity contribution in [3.63, 3.8) is 0 Å². The van der Waals surface area contributed by atoms with Crippen LogP contribution in [0.1, 0.15) is 32.6 Å². The number of aromatic nitrogens is 1. The monoisotopic (exact) mass is 194 g/mol. The molecule has 0 aliphatic carbocycles. The second-order valence-corrected chi connectivity index (χ2v) is 3.55. The Morgan fingerprint density at radius 3 is 2.79 bits per heavy atom. The number of nitrogen functional groups attached to an aromatic ring is 1. The van der Waals surface area contributed by atoms with Crippen LogP contribution in [0.2, 0.25) is 0 Å². The van der Waals surface area contributed by atoms with Crippen molar-refractivity contribution < 1.29 is 0 Å². The van der Waals surface area contributed by atoms with Crippen molar-refractivity contribution in [1.29, 1.82) is 0 Å². The number of rotatable bonds is 5. The van der Waals surface area contributed by atoms with Gasteiger partial charge in [0.1, 0.15) is 0 Å². The van der Waals surface area contributed by atoms with Gasteiger partial charge in [0.15, 0.2) is 0 Å². The van der Waals surface area contributed by atoms with Crippen LogP contribution in [0.5, 0.6) is 0 Å². The molecule has 14 heavy (non-hydrogen) atoms. The normalized spacial score (nSPS) is 10.4. The molecule has 0 bridgehead atoms. The lowest BCUT2D eigenvalue weighted by Crippen LogP contribution is -2.18. The highest BCUT2D eigenvalue weighted by atomic mass is 16.1. The molecule has 0 spiro atoms. The van der Waals surface area contributed by atoms with Gasteiger partial charge in [0.2, 0.25) is 0 Å². The van der Waals surface area contributed by atoms with E-state index < -0.39 is 0 Å². The summed E-state index contributed by atoms with van der Waals surface area (Å²) in [6, 6.07) is 3.17. The maximum absolute atomic E-state index is 11.3. The Bertz CT molecular complexity index is 330. The summed E-state index contributed by atoms with van der Waals surface area (Å²) in [4.78, 5) is 11.3.